The van der Waals surface area contributed by atoms with Gasteiger partial charge in [-0.05, 0) is 132 Å². The summed E-state index contributed by atoms with van der Waals surface area (Å²) in [6.45, 7) is 32.9. The summed E-state index contributed by atoms with van der Waals surface area (Å²) in [7, 11) is -3.76. The molecule has 0 amide bonds. The molecular formula is C37H70O4Si2. The Morgan fingerprint density at radius 1 is 0.884 bits per heavy atom. The van der Waals surface area contributed by atoms with Gasteiger partial charge in [0.15, 0.2) is 16.6 Å². The first kappa shape index (κ1) is 37.2. The van der Waals surface area contributed by atoms with E-state index in [0.29, 0.717) is 30.3 Å². The summed E-state index contributed by atoms with van der Waals surface area (Å²) in [4.78, 5) is 0. The Kier molecular flexibility index (Phi) is 11.7. The van der Waals surface area contributed by atoms with Crippen LogP contribution in [0.3, 0.4) is 0 Å². The Balaban J connectivity index is 1.81. The van der Waals surface area contributed by atoms with Crippen LogP contribution in [0.25, 0.3) is 0 Å². The van der Waals surface area contributed by atoms with Gasteiger partial charge in [-0.15, -0.1) is 0 Å². The second kappa shape index (κ2) is 13.5. The fraction of sp³-hybridized carbons (Fsp3) is 0.892. The monoisotopic (exact) mass is 634 g/mol. The van der Waals surface area contributed by atoms with Crippen LogP contribution in [0.4, 0.5) is 0 Å². The molecule has 0 aliphatic heterocycles. The number of ether oxygens (including phenoxy) is 1. The molecule has 0 heterocycles. The quantitative estimate of drug-likeness (QED) is 0.243. The number of aliphatic hydroxyl groups is 1. The fourth-order valence-electron chi connectivity index (χ4n) is 7.52. The molecule has 6 heteroatoms. The van der Waals surface area contributed by atoms with E-state index in [0.717, 1.165) is 19.3 Å². The zero-order valence-corrected chi connectivity index (χ0v) is 32.8. The van der Waals surface area contributed by atoms with Crippen molar-refractivity contribution in [1.29, 1.82) is 0 Å². The zero-order chi connectivity index (χ0) is 32.6. The summed E-state index contributed by atoms with van der Waals surface area (Å²) in [5.74, 6) is 1.22. The molecule has 250 valence electrons. The molecule has 3 aliphatic rings. The summed E-state index contributed by atoms with van der Waals surface area (Å²) in [5.41, 5.74) is 2.79. The van der Waals surface area contributed by atoms with Crippen molar-refractivity contribution in [2.45, 2.75) is 187 Å². The third-order valence-corrected chi connectivity index (χ3v) is 21.3. The predicted molar refractivity (Wildman–Crippen MR) is 189 cm³/mol. The van der Waals surface area contributed by atoms with Gasteiger partial charge in [0, 0.05) is 6.61 Å². The van der Waals surface area contributed by atoms with E-state index >= 15 is 0 Å². The van der Waals surface area contributed by atoms with E-state index in [9.17, 15) is 5.11 Å². The van der Waals surface area contributed by atoms with Crippen LogP contribution in [-0.4, -0.2) is 52.3 Å². The number of rotatable bonds is 10. The van der Waals surface area contributed by atoms with Crippen LogP contribution < -0.4 is 0 Å². The van der Waals surface area contributed by atoms with E-state index in [-0.39, 0.29) is 28.4 Å². The Hall–Kier alpha value is -0.246. The molecular weight excluding hydrogens is 565 g/mol. The lowest BCUT2D eigenvalue weighted by Crippen LogP contribution is -2.48. The number of allylic oxidation sites excluding steroid dienone is 3. The molecule has 4 nitrogen and oxygen atoms in total. The first-order valence-corrected chi connectivity index (χ1v) is 23.3. The largest absolute Gasteiger partial charge is 0.414 e. The third-order valence-electron chi connectivity index (χ3n) is 12.3. The topological polar surface area (TPSA) is 47.9 Å². The summed E-state index contributed by atoms with van der Waals surface area (Å²) in [5, 5.41) is 10.5. The standard InChI is InChI=1S/C37H70O4Si2/c1-27(39-23-22-36(8,9)38)32-19-20-33-29(16-15-21-37(32,33)10)18-17-28-24-30(40-42(11,12)34(2,3)4)26-31(25-28)41-43(13,14)35(5,6)7/h17-18,27,30-33,38H,15-16,19-26H2,1-14H3/b29-18+/t27-,30+,31+,32+,33+,37+/m0/s1. The number of hydrogen-bond donors (Lipinski definition) is 1. The van der Waals surface area contributed by atoms with Crippen LogP contribution in [0.2, 0.25) is 36.3 Å². The lowest BCUT2D eigenvalue weighted by Gasteiger charge is -2.45. The molecule has 0 radical (unpaired) electrons. The van der Waals surface area contributed by atoms with E-state index in [2.05, 4.69) is 93.7 Å². The minimum Gasteiger partial charge on any atom is -0.414 e. The maximum absolute atomic E-state index is 10.1. The summed E-state index contributed by atoms with van der Waals surface area (Å²) in [6.07, 6.45) is 15.8. The predicted octanol–water partition coefficient (Wildman–Crippen LogP) is 10.6. The summed E-state index contributed by atoms with van der Waals surface area (Å²) < 4.78 is 20.5. The highest BCUT2D eigenvalue weighted by Gasteiger charge is 2.51. The molecule has 0 spiro atoms. The van der Waals surface area contributed by atoms with E-state index in [4.69, 9.17) is 13.6 Å². The molecule has 0 aromatic heterocycles. The molecule has 0 aromatic carbocycles. The Labute approximate surface area is 269 Å². The second-order valence-electron chi connectivity index (χ2n) is 18.4. The maximum atomic E-state index is 10.1. The Morgan fingerprint density at radius 3 is 1.91 bits per heavy atom. The zero-order valence-electron chi connectivity index (χ0n) is 30.8. The van der Waals surface area contributed by atoms with Crippen molar-refractivity contribution in [3.63, 3.8) is 0 Å². The van der Waals surface area contributed by atoms with Gasteiger partial charge in [-0.2, -0.15) is 0 Å². The van der Waals surface area contributed by atoms with Gasteiger partial charge in [0.1, 0.15) is 0 Å². The molecule has 0 aromatic rings. The lowest BCUT2D eigenvalue weighted by molar-refractivity contribution is -0.0454. The van der Waals surface area contributed by atoms with Crippen LogP contribution in [-0.2, 0) is 13.6 Å². The van der Waals surface area contributed by atoms with Crippen LogP contribution >= 0.6 is 0 Å². The Morgan fingerprint density at radius 2 is 1.42 bits per heavy atom. The smallest absolute Gasteiger partial charge is 0.192 e. The Bertz CT molecular complexity index is 956. The van der Waals surface area contributed by atoms with Crippen molar-refractivity contribution < 1.29 is 18.7 Å². The van der Waals surface area contributed by atoms with Crippen molar-refractivity contribution in [2.24, 2.45) is 17.3 Å². The van der Waals surface area contributed by atoms with E-state index in [1.807, 2.05) is 13.8 Å². The number of hydrogen-bond acceptors (Lipinski definition) is 4. The summed E-state index contributed by atoms with van der Waals surface area (Å²) in [6, 6.07) is 0. The van der Waals surface area contributed by atoms with Crippen LogP contribution in [0.5, 0.6) is 0 Å². The van der Waals surface area contributed by atoms with E-state index in [1.54, 1.807) is 5.57 Å². The third kappa shape index (κ3) is 9.41. The molecule has 3 saturated carbocycles. The first-order valence-electron chi connectivity index (χ1n) is 17.5. The lowest BCUT2D eigenvalue weighted by atomic mass is 9.62. The first-order chi connectivity index (χ1) is 19.5. The molecule has 1 N–H and O–H groups in total. The molecule has 3 fully saturated rings. The van der Waals surface area contributed by atoms with Crippen molar-refractivity contribution in [2.75, 3.05) is 6.61 Å². The average Bonchev–Trinajstić information content (AvgIpc) is 3.17. The average molecular weight is 635 g/mol. The molecule has 3 aliphatic carbocycles. The molecule has 6 atom stereocenters. The highest BCUT2D eigenvalue weighted by Crippen LogP contribution is 2.58. The summed E-state index contributed by atoms with van der Waals surface area (Å²) >= 11 is 0. The molecule has 43 heavy (non-hydrogen) atoms. The van der Waals surface area contributed by atoms with Gasteiger partial charge in [0.05, 0.1) is 23.9 Å². The second-order valence-corrected chi connectivity index (χ2v) is 28.0. The van der Waals surface area contributed by atoms with Crippen LogP contribution in [0, 0.1) is 17.3 Å². The van der Waals surface area contributed by atoms with Gasteiger partial charge in [-0.25, -0.2) is 0 Å². The van der Waals surface area contributed by atoms with E-state index in [1.165, 1.54) is 37.7 Å². The minimum atomic E-state index is -1.88. The molecule has 3 rings (SSSR count). The van der Waals surface area contributed by atoms with Crippen LogP contribution in [0.1, 0.15) is 127 Å². The molecule has 0 bridgehead atoms. The molecule has 0 saturated heterocycles. The maximum Gasteiger partial charge on any atom is 0.192 e. The van der Waals surface area contributed by atoms with Gasteiger partial charge < -0.3 is 18.7 Å². The highest BCUT2D eigenvalue weighted by molar-refractivity contribution is 6.74. The van der Waals surface area contributed by atoms with Gasteiger partial charge in [-0.1, -0.05) is 71.8 Å². The van der Waals surface area contributed by atoms with Gasteiger partial charge in [0.25, 0.3) is 0 Å². The molecule has 0 unspecified atom stereocenters. The van der Waals surface area contributed by atoms with Gasteiger partial charge in [-0.3, -0.25) is 0 Å². The van der Waals surface area contributed by atoms with Crippen molar-refractivity contribution in [3.8, 4) is 0 Å². The number of fused-ring (bicyclic) bond motifs is 1. The van der Waals surface area contributed by atoms with Gasteiger partial charge >= 0.3 is 0 Å². The SMILES string of the molecule is C[C@H](OCCC(C)(C)O)[C@H]1CC[C@@H]2/C(=C/C=C3C[C@@H](O[Si](C)(C)C(C)(C)C)C[C@H](O[Si](C)(C)C(C)(C)C)C3)CCC[C@@]21C. The minimum absolute atomic E-state index is 0.201. The van der Waals surface area contributed by atoms with E-state index < -0.39 is 22.2 Å². The van der Waals surface area contributed by atoms with Crippen molar-refractivity contribution >= 4 is 16.6 Å². The van der Waals surface area contributed by atoms with Crippen molar-refractivity contribution in [1.82, 2.24) is 0 Å². The van der Waals surface area contributed by atoms with Crippen molar-refractivity contribution in [3.05, 3.63) is 23.3 Å². The van der Waals surface area contributed by atoms with Crippen LogP contribution in [0.15, 0.2) is 23.3 Å². The normalized spacial score (nSPS) is 31.3. The highest BCUT2D eigenvalue weighted by atomic mass is 28.4. The fourth-order valence-corrected chi connectivity index (χ4v) is 10.2. The van der Waals surface area contributed by atoms with Gasteiger partial charge in [0.2, 0.25) is 0 Å².